The molecule has 0 fully saturated rings. The molecule has 0 aliphatic carbocycles. The fraction of sp³-hybridized carbons (Fsp3) is 0.200. The topological polar surface area (TPSA) is 80.4 Å². The van der Waals surface area contributed by atoms with E-state index in [0.717, 1.165) is 11.3 Å². The molecule has 0 radical (unpaired) electrons. The van der Waals surface area contributed by atoms with Gasteiger partial charge in [-0.1, -0.05) is 18.2 Å². The number of rotatable bonds is 3. The lowest BCUT2D eigenvalue weighted by Crippen LogP contribution is -2.34. The lowest BCUT2D eigenvalue weighted by molar-refractivity contribution is 0.0923. The van der Waals surface area contributed by atoms with Crippen molar-refractivity contribution in [2.45, 2.75) is 12.5 Å². The largest absolute Gasteiger partial charge is 0.497 e. The highest BCUT2D eigenvalue weighted by Crippen LogP contribution is 2.31. The van der Waals surface area contributed by atoms with Crippen LogP contribution in [-0.2, 0) is 0 Å². The molecule has 3 aromatic rings. The van der Waals surface area contributed by atoms with Gasteiger partial charge >= 0.3 is 0 Å². The Labute approximate surface area is 149 Å². The highest BCUT2D eigenvalue weighted by Gasteiger charge is 2.24. The van der Waals surface area contributed by atoms with Crippen LogP contribution in [0.3, 0.4) is 0 Å². The van der Waals surface area contributed by atoms with Crippen LogP contribution < -0.4 is 20.2 Å². The van der Waals surface area contributed by atoms with Gasteiger partial charge < -0.3 is 19.8 Å². The molecule has 1 atom stereocenters. The third-order valence-corrected chi connectivity index (χ3v) is 4.60. The normalized spacial score (nSPS) is 15.8. The van der Waals surface area contributed by atoms with Gasteiger partial charge in [0.2, 0.25) is 5.43 Å². The van der Waals surface area contributed by atoms with Crippen LogP contribution in [-0.4, -0.2) is 24.6 Å². The van der Waals surface area contributed by atoms with E-state index >= 15 is 0 Å². The highest BCUT2D eigenvalue weighted by molar-refractivity contribution is 5.97. The second kappa shape index (κ2) is 6.55. The molecule has 2 aromatic carbocycles. The summed E-state index contributed by atoms with van der Waals surface area (Å²) < 4.78 is 10.8. The highest BCUT2D eigenvalue weighted by atomic mass is 16.5. The van der Waals surface area contributed by atoms with Gasteiger partial charge in [0.1, 0.15) is 17.1 Å². The molecule has 0 saturated heterocycles. The second-order valence-corrected chi connectivity index (χ2v) is 6.14. The zero-order valence-corrected chi connectivity index (χ0v) is 14.2. The van der Waals surface area contributed by atoms with Gasteiger partial charge in [0.05, 0.1) is 25.3 Å². The molecule has 0 bridgehead atoms. The van der Waals surface area contributed by atoms with Gasteiger partial charge in [0, 0.05) is 29.6 Å². The number of H-pyrrole nitrogens is 1. The number of carbonyl (C=O) groups is 1. The Hall–Kier alpha value is -3.28. The quantitative estimate of drug-likeness (QED) is 0.761. The predicted molar refractivity (Wildman–Crippen MR) is 97.9 cm³/mol. The summed E-state index contributed by atoms with van der Waals surface area (Å²) in [6, 6.07) is 12.5. The van der Waals surface area contributed by atoms with Crippen molar-refractivity contribution >= 4 is 16.8 Å². The van der Waals surface area contributed by atoms with Crippen LogP contribution in [0.5, 0.6) is 11.5 Å². The van der Waals surface area contributed by atoms with E-state index in [1.165, 1.54) is 6.20 Å². The predicted octanol–water partition coefficient (Wildman–Crippen LogP) is 2.79. The molecule has 1 aliphatic rings. The summed E-state index contributed by atoms with van der Waals surface area (Å²) in [6.07, 6.45) is 2.11. The molecular formula is C20H18N2O4. The molecule has 6 nitrogen and oxygen atoms in total. The van der Waals surface area contributed by atoms with E-state index in [-0.39, 0.29) is 17.0 Å². The third-order valence-electron chi connectivity index (χ3n) is 4.60. The number of ether oxygens (including phenoxy) is 2. The first-order valence-electron chi connectivity index (χ1n) is 8.39. The summed E-state index contributed by atoms with van der Waals surface area (Å²) in [7, 11) is 1.56. The van der Waals surface area contributed by atoms with Gasteiger partial charge in [0.15, 0.2) is 0 Å². The SMILES string of the molecule is COc1ccc2c(=O)c(C(=O)NC3CCOc4ccccc43)c[nH]c2c1. The van der Waals surface area contributed by atoms with Gasteiger partial charge in [-0.3, -0.25) is 9.59 Å². The first kappa shape index (κ1) is 16.2. The van der Waals surface area contributed by atoms with E-state index < -0.39 is 5.91 Å². The Morgan fingerprint density at radius 1 is 1.27 bits per heavy atom. The van der Waals surface area contributed by atoms with Crippen LogP contribution in [0.15, 0.2) is 53.5 Å². The Bertz CT molecular complexity index is 1040. The number of nitrogens with one attached hydrogen (secondary N) is 2. The van der Waals surface area contributed by atoms with Crippen molar-refractivity contribution in [3.8, 4) is 11.5 Å². The Morgan fingerprint density at radius 2 is 2.12 bits per heavy atom. The number of hydrogen-bond acceptors (Lipinski definition) is 4. The standard InChI is InChI=1S/C20H18N2O4/c1-25-12-6-7-14-17(10-12)21-11-15(19(14)23)20(24)22-16-8-9-26-18-5-3-2-4-13(16)18/h2-7,10-11,16H,8-9H2,1H3,(H,21,23)(H,22,24). The molecular weight excluding hydrogens is 332 g/mol. The minimum absolute atomic E-state index is 0.0895. The van der Waals surface area contributed by atoms with Crippen molar-refractivity contribution < 1.29 is 14.3 Å². The van der Waals surface area contributed by atoms with Gasteiger partial charge in [0.25, 0.3) is 5.91 Å². The molecule has 26 heavy (non-hydrogen) atoms. The zero-order chi connectivity index (χ0) is 18.1. The fourth-order valence-electron chi connectivity index (χ4n) is 3.22. The van der Waals surface area contributed by atoms with E-state index in [4.69, 9.17) is 9.47 Å². The number of benzene rings is 2. The van der Waals surface area contributed by atoms with E-state index in [2.05, 4.69) is 10.3 Å². The lowest BCUT2D eigenvalue weighted by Gasteiger charge is -2.26. The van der Waals surface area contributed by atoms with E-state index in [0.29, 0.717) is 29.7 Å². The Kier molecular flexibility index (Phi) is 4.08. The van der Waals surface area contributed by atoms with Gasteiger partial charge in [-0.05, 0) is 18.2 Å². The van der Waals surface area contributed by atoms with Gasteiger partial charge in [-0.2, -0.15) is 0 Å². The van der Waals surface area contributed by atoms with Crippen molar-refractivity contribution in [1.82, 2.24) is 10.3 Å². The summed E-state index contributed by atoms with van der Waals surface area (Å²) in [5.74, 6) is 1.01. The first-order chi connectivity index (χ1) is 12.7. The average molecular weight is 350 g/mol. The minimum Gasteiger partial charge on any atom is -0.497 e. The Balaban J connectivity index is 1.65. The van der Waals surface area contributed by atoms with Crippen molar-refractivity contribution in [1.29, 1.82) is 0 Å². The average Bonchev–Trinajstić information content (AvgIpc) is 2.68. The maximum absolute atomic E-state index is 12.7. The maximum Gasteiger partial charge on any atom is 0.257 e. The van der Waals surface area contributed by atoms with Crippen LogP contribution in [0.25, 0.3) is 10.9 Å². The second-order valence-electron chi connectivity index (χ2n) is 6.14. The molecule has 0 saturated carbocycles. The summed E-state index contributed by atoms with van der Waals surface area (Å²) in [4.78, 5) is 28.4. The van der Waals surface area contributed by atoms with Gasteiger partial charge in [-0.25, -0.2) is 0 Å². The monoisotopic (exact) mass is 350 g/mol. The number of aromatic amines is 1. The van der Waals surface area contributed by atoms with Crippen molar-refractivity contribution in [2.75, 3.05) is 13.7 Å². The molecule has 2 heterocycles. The number of aromatic nitrogens is 1. The number of pyridine rings is 1. The molecule has 1 unspecified atom stereocenters. The molecule has 2 N–H and O–H groups in total. The molecule has 132 valence electrons. The summed E-state index contributed by atoms with van der Waals surface area (Å²) in [5.41, 5.74) is 1.34. The van der Waals surface area contributed by atoms with Gasteiger partial charge in [-0.15, -0.1) is 0 Å². The number of methoxy groups -OCH3 is 1. The number of para-hydroxylation sites is 1. The van der Waals surface area contributed by atoms with Crippen LogP contribution in [0.4, 0.5) is 0 Å². The van der Waals surface area contributed by atoms with Crippen molar-refractivity contribution in [3.05, 3.63) is 70.0 Å². The van der Waals surface area contributed by atoms with Crippen molar-refractivity contribution in [3.63, 3.8) is 0 Å². The molecule has 4 rings (SSSR count). The number of carbonyl (C=O) groups excluding carboxylic acids is 1. The summed E-state index contributed by atoms with van der Waals surface area (Å²) in [6.45, 7) is 0.524. The van der Waals surface area contributed by atoms with E-state index in [1.54, 1.807) is 25.3 Å². The smallest absolute Gasteiger partial charge is 0.257 e. The molecule has 1 aromatic heterocycles. The summed E-state index contributed by atoms with van der Waals surface area (Å²) >= 11 is 0. The maximum atomic E-state index is 12.7. The minimum atomic E-state index is -0.398. The van der Waals surface area contributed by atoms with Crippen LogP contribution >= 0.6 is 0 Å². The number of fused-ring (bicyclic) bond motifs is 2. The van der Waals surface area contributed by atoms with Crippen LogP contribution in [0.1, 0.15) is 28.4 Å². The van der Waals surface area contributed by atoms with Crippen LogP contribution in [0.2, 0.25) is 0 Å². The first-order valence-corrected chi connectivity index (χ1v) is 8.39. The molecule has 6 heteroatoms. The molecule has 1 amide bonds. The fourth-order valence-corrected chi connectivity index (χ4v) is 3.22. The van der Waals surface area contributed by atoms with Crippen molar-refractivity contribution in [2.24, 2.45) is 0 Å². The zero-order valence-electron chi connectivity index (χ0n) is 14.2. The molecule has 1 aliphatic heterocycles. The Morgan fingerprint density at radius 3 is 2.96 bits per heavy atom. The lowest BCUT2D eigenvalue weighted by atomic mass is 10.00. The number of amides is 1. The number of hydrogen-bond donors (Lipinski definition) is 2. The summed E-state index contributed by atoms with van der Waals surface area (Å²) in [5, 5.41) is 3.41. The molecule has 0 spiro atoms. The van der Waals surface area contributed by atoms with Crippen LogP contribution in [0, 0.1) is 0 Å². The van der Waals surface area contributed by atoms with E-state index in [9.17, 15) is 9.59 Å². The third kappa shape index (κ3) is 2.79. The van der Waals surface area contributed by atoms with E-state index in [1.807, 2.05) is 24.3 Å².